The molecular weight excluding hydrogens is 159 g/mol. The molecule has 0 aromatic carbocycles. The van der Waals surface area contributed by atoms with Gasteiger partial charge in [-0.05, 0) is 0 Å². The van der Waals surface area contributed by atoms with Gasteiger partial charge in [0, 0.05) is 18.0 Å². The summed E-state index contributed by atoms with van der Waals surface area (Å²) in [4.78, 5) is 0. The lowest BCUT2D eigenvalue weighted by molar-refractivity contribution is 0.310. The number of rotatable bonds is 4. The molecule has 0 saturated heterocycles. The summed E-state index contributed by atoms with van der Waals surface area (Å²) in [5, 5.41) is 7.27. The topological polar surface area (TPSA) is 59.1 Å². The molecule has 0 unspecified atom stereocenters. The predicted octanol–water partition coefficient (Wildman–Crippen LogP) is 1.45. The van der Waals surface area contributed by atoms with E-state index in [2.05, 4.69) is 0 Å². The maximum absolute atomic E-state index is 11.9. The minimum absolute atomic E-state index is 0.0311. The second-order valence-corrected chi connectivity index (χ2v) is 2.78. The molecule has 0 spiro atoms. The summed E-state index contributed by atoms with van der Waals surface area (Å²) in [6, 6.07) is 0. The molecule has 3 nitrogen and oxygen atoms in total. The summed E-state index contributed by atoms with van der Waals surface area (Å²) in [5.41, 5.74) is 5.55. The van der Waals surface area contributed by atoms with Gasteiger partial charge in [0.2, 0.25) is 0 Å². The molecule has 0 aromatic rings. The van der Waals surface area contributed by atoms with E-state index in [-0.39, 0.29) is 25.0 Å². The third kappa shape index (κ3) is 4.08. The average Bonchev–Trinajstić information content (AvgIpc) is 2.05. The Kier molecular flexibility index (Phi) is 5.28. The van der Waals surface area contributed by atoms with Crippen LogP contribution < -0.4 is 5.73 Å². The van der Waals surface area contributed by atoms with Crippen molar-refractivity contribution in [1.82, 2.24) is 0 Å². The Labute approximate surface area is 71.9 Å². The Hall–Kier alpha value is -0.900. The van der Waals surface area contributed by atoms with Crippen LogP contribution in [0.2, 0.25) is 0 Å². The quantitative estimate of drug-likeness (QED) is 0.500. The molecular formula is C8H15FN2O. The van der Waals surface area contributed by atoms with Crippen LogP contribution in [0, 0.1) is 11.3 Å². The molecule has 4 heteroatoms. The van der Waals surface area contributed by atoms with Gasteiger partial charge in [0.05, 0.1) is 6.33 Å². The molecule has 0 fully saturated rings. The third-order valence-electron chi connectivity index (χ3n) is 1.35. The summed E-state index contributed by atoms with van der Waals surface area (Å²) in [7, 11) is 0. The van der Waals surface area contributed by atoms with E-state index >= 15 is 0 Å². The fourth-order valence-corrected chi connectivity index (χ4v) is 0.472. The highest BCUT2D eigenvalue weighted by molar-refractivity contribution is 5.74. The van der Waals surface area contributed by atoms with E-state index in [4.69, 9.17) is 15.9 Å². The summed E-state index contributed by atoms with van der Waals surface area (Å²) in [6.07, 6.45) is 0.424. The van der Waals surface area contributed by atoms with Gasteiger partial charge in [0.1, 0.15) is 6.61 Å². The molecule has 0 rings (SSSR count). The second kappa shape index (κ2) is 5.71. The standard InChI is InChI=1S/C8H15FN2O/c1-6(2)8(11)12-5-7(3-9)4-10/h3,6,11H,4-5,10H2,1-2H3/b7-3+,11-8?. The average molecular weight is 174 g/mol. The zero-order valence-corrected chi connectivity index (χ0v) is 7.43. The second-order valence-electron chi connectivity index (χ2n) is 2.78. The van der Waals surface area contributed by atoms with E-state index < -0.39 is 0 Å². The molecule has 70 valence electrons. The van der Waals surface area contributed by atoms with E-state index in [1.54, 1.807) is 0 Å². The molecule has 0 radical (unpaired) electrons. The zero-order valence-electron chi connectivity index (χ0n) is 7.43. The van der Waals surface area contributed by atoms with Crippen LogP contribution in [-0.2, 0) is 4.74 Å². The molecule has 0 aliphatic heterocycles. The number of hydrogen-bond acceptors (Lipinski definition) is 3. The summed E-state index contributed by atoms with van der Waals surface area (Å²) in [5.74, 6) is 0.187. The monoisotopic (exact) mass is 174 g/mol. The van der Waals surface area contributed by atoms with Crippen LogP contribution >= 0.6 is 0 Å². The molecule has 0 aromatic heterocycles. The van der Waals surface area contributed by atoms with Crippen LogP contribution in [0.4, 0.5) is 4.39 Å². The van der Waals surface area contributed by atoms with Crippen molar-refractivity contribution in [3.8, 4) is 0 Å². The van der Waals surface area contributed by atoms with Crippen molar-refractivity contribution in [2.75, 3.05) is 13.2 Å². The molecule has 3 N–H and O–H groups in total. The molecule has 0 atom stereocenters. The van der Waals surface area contributed by atoms with Crippen molar-refractivity contribution in [2.45, 2.75) is 13.8 Å². The molecule has 0 aliphatic carbocycles. The van der Waals surface area contributed by atoms with E-state index in [0.29, 0.717) is 11.9 Å². The Morgan fingerprint density at radius 3 is 2.58 bits per heavy atom. The van der Waals surface area contributed by atoms with Gasteiger partial charge in [-0.15, -0.1) is 0 Å². The lowest BCUT2D eigenvalue weighted by Gasteiger charge is -2.10. The van der Waals surface area contributed by atoms with Gasteiger partial charge in [-0.1, -0.05) is 13.8 Å². The Morgan fingerprint density at radius 2 is 2.25 bits per heavy atom. The van der Waals surface area contributed by atoms with Gasteiger partial charge in [-0.2, -0.15) is 0 Å². The molecule has 0 amide bonds. The maximum Gasteiger partial charge on any atom is 0.183 e. The number of nitrogens with one attached hydrogen (secondary N) is 1. The van der Waals surface area contributed by atoms with E-state index in [0.717, 1.165) is 0 Å². The van der Waals surface area contributed by atoms with Crippen molar-refractivity contribution in [1.29, 1.82) is 5.41 Å². The largest absolute Gasteiger partial charge is 0.476 e. The third-order valence-corrected chi connectivity index (χ3v) is 1.35. The van der Waals surface area contributed by atoms with Crippen LogP contribution in [0.3, 0.4) is 0 Å². The minimum atomic E-state index is 0.0311. The van der Waals surface area contributed by atoms with Crippen molar-refractivity contribution in [3.05, 3.63) is 11.9 Å². The number of ether oxygens (including phenoxy) is 1. The normalized spacial score (nSPS) is 11.9. The summed E-state index contributed by atoms with van der Waals surface area (Å²) < 4.78 is 16.9. The number of nitrogens with two attached hydrogens (primary N) is 1. The highest BCUT2D eigenvalue weighted by Crippen LogP contribution is 2.00. The highest BCUT2D eigenvalue weighted by atomic mass is 19.1. The minimum Gasteiger partial charge on any atom is -0.476 e. The Bertz CT molecular complexity index is 178. The number of hydrogen-bond donors (Lipinski definition) is 2. The summed E-state index contributed by atoms with van der Waals surface area (Å²) in [6.45, 7) is 3.87. The van der Waals surface area contributed by atoms with Gasteiger partial charge in [-0.25, -0.2) is 4.39 Å². The highest BCUT2D eigenvalue weighted by Gasteiger charge is 2.04. The van der Waals surface area contributed by atoms with Gasteiger partial charge in [0.25, 0.3) is 0 Å². The van der Waals surface area contributed by atoms with Crippen LogP contribution in [-0.4, -0.2) is 19.0 Å². The van der Waals surface area contributed by atoms with Crippen LogP contribution in [0.15, 0.2) is 11.9 Å². The smallest absolute Gasteiger partial charge is 0.183 e. The first-order valence-electron chi connectivity index (χ1n) is 3.81. The zero-order chi connectivity index (χ0) is 9.56. The fourth-order valence-electron chi connectivity index (χ4n) is 0.472. The van der Waals surface area contributed by atoms with Crippen molar-refractivity contribution >= 4 is 5.90 Å². The lowest BCUT2D eigenvalue weighted by Crippen LogP contribution is -2.15. The van der Waals surface area contributed by atoms with Crippen LogP contribution in [0.25, 0.3) is 0 Å². The van der Waals surface area contributed by atoms with E-state index in [9.17, 15) is 4.39 Å². The van der Waals surface area contributed by atoms with Gasteiger partial charge in [-0.3, -0.25) is 5.41 Å². The first-order valence-corrected chi connectivity index (χ1v) is 3.81. The van der Waals surface area contributed by atoms with E-state index in [1.165, 1.54) is 0 Å². The molecule has 12 heavy (non-hydrogen) atoms. The first-order chi connectivity index (χ1) is 5.61. The molecule has 0 aliphatic rings. The van der Waals surface area contributed by atoms with Crippen molar-refractivity contribution in [2.24, 2.45) is 11.7 Å². The molecule has 0 saturated carbocycles. The SMILES string of the molecule is CC(C)C(=N)OC/C(=C/F)CN. The number of halogens is 1. The van der Waals surface area contributed by atoms with E-state index in [1.807, 2.05) is 13.8 Å². The first kappa shape index (κ1) is 11.1. The Morgan fingerprint density at radius 1 is 1.67 bits per heavy atom. The van der Waals surface area contributed by atoms with Gasteiger partial charge in [0.15, 0.2) is 5.90 Å². The maximum atomic E-state index is 11.9. The van der Waals surface area contributed by atoms with Gasteiger partial charge < -0.3 is 10.5 Å². The van der Waals surface area contributed by atoms with Gasteiger partial charge >= 0.3 is 0 Å². The lowest BCUT2D eigenvalue weighted by atomic mass is 10.2. The molecule has 0 bridgehead atoms. The predicted molar refractivity (Wildman–Crippen MR) is 46.8 cm³/mol. The van der Waals surface area contributed by atoms with Crippen LogP contribution in [0.1, 0.15) is 13.8 Å². The van der Waals surface area contributed by atoms with Crippen molar-refractivity contribution in [3.63, 3.8) is 0 Å². The Balaban J connectivity index is 3.75. The molecule has 0 heterocycles. The summed E-state index contributed by atoms with van der Waals surface area (Å²) >= 11 is 0. The van der Waals surface area contributed by atoms with Crippen LogP contribution in [0.5, 0.6) is 0 Å². The van der Waals surface area contributed by atoms with Crippen molar-refractivity contribution < 1.29 is 9.13 Å². The fraction of sp³-hybridized carbons (Fsp3) is 0.625.